The van der Waals surface area contributed by atoms with Gasteiger partial charge in [-0.1, -0.05) is 6.07 Å². The second-order valence-corrected chi connectivity index (χ2v) is 4.56. The van der Waals surface area contributed by atoms with Gasteiger partial charge in [-0.05, 0) is 33.2 Å². The van der Waals surface area contributed by atoms with Crippen LogP contribution < -0.4 is 15.8 Å². The van der Waals surface area contributed by atoms with Gasteiger partial charge in [0.2, 0.25) is 0 Å². The molecule has 0 saturated carbocycles. The Bertz CT molecular complexity index is 419. The van der Waals surface area contributed by atoms with Gasteiger partial charge in [-0.25, -0.2) is 0 Å². The Balaban J connectivity index is 2.84. The van der Waals surface area contributed by atoms with Crippen LogP contribution in [0, 0.1) is 0 Å². The number of benzene rings is 1. The number of nitrogen functional groups attached to an aromatic ring is 1. The fourth-order valence-corrected chi connectivity index (χ4v) is 1.85. The zero-order chi connectivity index (χ0) is 13.7. The maximum atomic E-state index is 12.1. The molecule has 0 fully saturated rings. The first-order valence-electron chi connectivity index (χ1n) is 5.83. The first-order valence-corrected chi connectivity index (χ1v) is 5.83. The van der Waals surface area contributed by atoms with E-state index in [4.69, 9.17) is 10.5 Å². The Morgan fingerprint density at radius 1 is 1.50 bits per heavy atom. The standard InChI is InChI=1S/C13H21N3O2/c1-9(8-16(2)3)15-13(17)12-10(14)6-5-7-11(12)18-4/h5-7,9H,8,14H2,1-4H3,(H,15,17). The second kappa shape index (κ2) is 6.26. The van der Waals surface area contributed by atoms with Crippen molar-refractivity contribution in [3.63, 3.8) is 0 Å². The number of anilines is 1. The summed E-state index contributed by atoms with van der Waals surface area (Å²) >= 11 is 0. The van der Waals surface area contributed by atoms with Gasteiger partial charge in [-0.3, -0.25) is 4.79 Å². The highest BCUT2D eigenvalue weighted by molar-refractivity contribution is 6.02. The Labute approximate surface area is 108 Å². The van der Waals surface area contributed by atoms with Crippen molar-refractivity contribution in [2.75, 3.05) is 33.5 Å². The number of amides is 1. The number of likely N-dealkylation sites (N-methyl/N-ethyl adjacent to an activating group) is 1. The molecule has 1 aromatic rings. The number of nitrogens with zero attached hydrogens (tertiary/aromatic N) is 1. The number of hydrogen-bond donors (Lipinski definition) is 2. The van der Waals surface area contributed by atoms with Crippen molar-refractivity contribution < 1.29 is 9.53 Å². The molecule has 0 aromatic heterocycles. The lowest BCUT2D eigenvalue weighted by atomic mass is 10.1. The number of rotatable bonds is 5. The molecule has 1 amide bonds. The van der Waals surface area contributed by atoms with Crippen LogP contribution in [0.3, 0.4) is 0 Å². The van der Waals surface area contributed by atoms with Gasteiger partial charge in [0.1, 0.15) is 11.3 Å². The van der Waals surface area contributed by atoms with Crippen molar-refractivity contribution in [1.29, 1.82) is 0 Å². The summed E-state index contributed by atoms with van der Waals surface area (Å²) in [4.78, 5) is 14.2. The van der Waals surface area contributed by atoms with Crippen LogP contribution in [0.1, 0.15) is 17.3 Å². The number of carbonyl (C=O) groups excluding carboxylic acids is 1. The van der Waals surface area contributed by atoms with Crippen LogP contribution in [0.4, 0.5) is 5.69 Å². The van der Waals surface area contributed by atoms with Crippen molar-refractivity contribution in [2.24, 2.45) is 0 Å². The lowest BCUT2D eigenvalue weighted by molar-refractivity contribution is 0.0932. The quantitative estimate of drug-likeness (QED) is 0.765. The largest absolute Gasteiger partial charge is 0.496 e. The Kier molecular flexibility index (Phi) is 4.97. The van der Waals surface area contributed by atoms with Gasteiger partial charge >= 0.3 is 0 Å². The van der Waals surface area contributed by atoms with Crippen LogP contribution in [0.2, 0.25) is 0 Å². The van der Waals surface area contributed by atoms with E-state index in [9.17, 15) is 4.79 Å². The Hall–Kier alpha value is -1.75. The van der Waals surface area contributed by atoms with Crippen molar-refractivity contribution in [1.82, 2.24) is 10.2 Å². The van der Waals surface area contributed by atoms with Crippen LogP contribution >= 0.6 is 0 Å². The highest BCUT2D eigenvalue weighted by atomic mass is 16.5. The third-order valence-electron chi connectivity index (χ3n) is 2.52. The van der Waals surface area contributed by atoms with Crippen molar-refractivity contribution >= 4 is 11.6 Å². The van der Waals surface area contributed by atoms with E-state index in [0.29, 0.717) is 17.0 Å². The average molecular weight is 251 g/mol. The molecule has 1 unspecified atom stereocenters. The normalized spacial score (nSPS) is 12.3. The molecule has 5 heteroatoms. The van der Waals surface area contributed by atoms with E-state index in [1.54, 1.807) is 18.2 Å². The Morgan fingerprint density at radius 3 is 2.72 bits per heavy atom. The molecule has 0 saturated heterocycles. The van der Waals surface area contributed by atoms with Gasteiger partial charge in [0.25, 0.3) is 5.91 Å². The van der Waals surface area contributed by atoms with E-state index in [0.717, 1.165) is 6.54 Å². The fraction of sp³-hybridized carbons (Fsp3) is 0.462. The van der Waals surface area contributed by atoms with Crippen molar-refractivity contribution in [3.8, 4) is 5.75 Å². The summed E-state index contributed by atoms with van der Waals surface area (Å²) in [6.45, 7) is 2.71. The number of ether oxygens (including phenoxy) is 1. The van der Waals surface area contributed by atoms with E-state index >= 15 is 0 Å². The molecular weight excluding hydrogens is 230 g/mol. The molecule has 1 rings (SSSR count). The first-order chi connectivity index (χ1) is 8.45. The lowest BCUT2D eigenvalue weighted by Gasteiger charge is -2.19. The predicted molar refractivity (Wildman–Crippen MR) is 72.9 cm³/mol. The van der Waals surface area contributed by atoms with Crippen LogP contribution in [-0.2, 0) is 0 Å². The third-order valence-corrected chi connectivity index (χ3v) is 2.52. The van der Waals surface area contributed by atoms with Crippen LogP contribution in [0.15, 0.2) is 18.2 Å². The third kappa shape index (κ3) is 3.63. The van der Waals surface area contributed by atoms with Gasteiger partial charge in [-0.15, -0.1) is 0 Å². The number of methoxy groups -OCH3 is 1. The monoisotopic (exact) mass is 251 g/mol. The predicted octanol–water partition coefficient (Wildman–Crippen LogP) is 0.957. The first kappa shape index (κ1) is 14.3. The molecule has 0 aliphatic carbocycles. The average Bonchev–Trinajstić information content (AvgIpc) is 2.26. The minimum atomic E-state index is -0.209. The van der Waals surface area contributed by atoms with Crippen LogP contribution in [0.25, 0.3) is 0 Å². The highest BCUT2D eigenvalue weighted by Gasteiger charge is 2.17. The molecule has 100 valence electrons. The smallest absolute Gasteiger partial charge is 0.257 e. The summed E-state index contributed by atoms with van der Waals surface area (Å²) in [7, 11) is 5.44. The molecule has 1 aromatic carbocycles. The molecule has 3 N–H and O–H groups in total. The second-order valence-electron chi connectivity index (χ2n) is 4.56. The van der Waals surface area contributed by atoms with Crippen LogP contribution in [-0.4, -0.2) is 44.6 Å². The molecule has 0 bridgehead atoms. The molecule has 0 aliphatic heterocycles. The highest BCUT2D eigenvalue weighted by Crippen LogP contribution is 2.23. The molecular formula is C13H21N3O2. The molecule has 0 heterocycles. The van der Waals surface area contributed by atoms with Gasteiger partial charge in [0, 0.05) is 18.3 Å². The van der Waals surface area contributed by atoms with Gasteiger partial charge in [0.15, 0.2) is 0 Å². The maximum absolute atomic E-state index is 12.1. The van der Waals surface area contributed by atoms with E-state index in [1.165, 1.54) is 7.11 Å². The van der Waals surface area contributed by atoms with E-state index in [2.05, 4.69) is 5.32 Å². The lowest BCUT2D eigenvalue weighted by Crippen LogP contribution is -2.39. The number of carbonyl (C=O) groups is 1. The summed E-state index contributed by atoms with van der Waals surface area (Å²) in [6.07, 6.45) is 0. The zero-order valence-electron chi connectivity index (χ0n) is 11.4. The minimum Gasteiger partial charge on any atom is -0.496 e. The molecule has 0 spiro atoms. The van der Waals surface area contributed by atoms with Crippen molar-refractivity contribution in [3.05, 3.63) is 23.8 Å². The van der Waals surface area contributed by atoms with E-state index in [1.807, 2.05) is 25.9 Å². The van der Waals surface area contributed by atoms with Gasteiger partial charge in [0.05, 0.1) is 7.11 Å². The van der Waals surface area contributed by atoms with Crippen LogP contribution in [0.5, 0.6) is 5.75 Å². The summed E-state index contributed by atoms with van der Waals surface area (Å²) < 4.78 is 5.16. The minimum absolute atomic E-state index is 0.0387. The van der Waals surface area contributed by atoms with E-state index < -0.39 is 0 Å². The summed E-state index contributed by atoms with van der Waals surface area (Å²) in [5, 5.41) is 2.90. The topological polar surface area (TPSA) is 67.6 Å². The zero-order valence-corrected chi connectivity index (χ0v) is 11.4. The fourth-order valence-electron chi connectivity index (χ4n) is 1.85. The summed E-state index contributed by atoms with van der Waals surface area (Å²) in [5.41, 5.74) is 6.64. The molecule has 0 aliphatic rings. The number of nitrogens with two attached hydrogens (primary N) is 1. The number of hydrogen-bond acceptors (Lipinski definition) is 4. The molecule has 5 nitrogen and oxygen atoms in total. The summed E-state index contributed by atoms with van der Waals surface area (Å²) in [5.74, 6) is 0.281. The maximum Gasteiger partial charge on any atom is 0.257 e. The molecule has 18 heavy (non-hydrogen) atoms. The summed E-state index contributed by atoms with van der Waals surface area (Å²) in [6, 6.07) is 5.21. The molecule has 0 radical (unpaired) electrons. The Morgan fingerprint density at radius 2 is 2.17 bits per heavy atom. The van der Waals surface area contributed by atoms with Crippen molar-refractivity contribution in [2.45, 2.75) is 13.0 Å². The van der Waals surface area contributed by atoms with Gasteiger partial charge in [-0.2, -0.15) is 0 Å². The van der Waals surface area contributed by atoms with E-state index in [-0.39, 0.29) is 11.9 Å². The SMILES string of the molecule is COc1cccc(N)c1C(=O)NC(C)CN(C)C. The van der Waals surface area contributed by atoms with Gasteiger partial charge < -0.3 is 20.7 Å². The molecule has 1 atom stereocenters. The number of nitrogens with one attached hydrogen (secondary N) is 1.